The summed E-state index contributed by atoms with van der Waals surface area (Å²) in [7, 11) is 0. The molecule has 8 nitrogen and oxygen atoms in total. The molecule has 0 fully saturated rings. The van der Waals surface area contributed by atoms with Gasteiger partial charge in [0.2, 0.25) is 5.65 Å². The second-order valence-electron chi connectivity index (χ2n) is 4.98. The lowest BCUT2D eigenvalue weighted by atomic mass is 10.2. The summed E-state index contributed by atoms with van der Waals surface area (Å²) < 4.78 is 12.0. The Bertz CT molecular complexity index is 1150. The van der Waals surface area contributed by atoms with Crippen molar-refractivity contribution in [1.29, 1.82) is 0 Å². The Labute approximate surface area is 133 Å². The van der Waals surface area contributed by atoms with Crippen LogP contribution in [0.3, 0.4) is 0 Å². The van der Waals surface area contributed by atoms with Crippen LogP contribution in [0, 0.1) is 10.1 Å². The lowest BCUT2D eigenvalue weighted by molar-refractivity contribution is -0.391. The molecule has 0 saturated carbocycles. The summed E-state index contributed by atoms with van der Waals surface area (Å²) in [6, 6.07) is 12.8. The molecule has 4 aromatic rings. The summed E-state index contributed by atoms with van der Waals surface area (Å²) >= 11 is 0. The van der Waals surface area contributed by atoms with Crippen LogP contribution in [0.5, 0.6) is 11.6 Å². The second-order valence-corrected chi connectivity index (χ2v) is 4.98. The van der Waals surface area contributed by atoms with Gasteiger partial charge >= 0.3 is 17.3 Å². The highest BCUT2D eigenvalue weighted by Gasteiger charge is 2.24. The molecule has 0 atom stereocenters. The van der Waals surface area contributed by atoms with E-state index in [2.05, 4.69) is 4.98 Å². The van der Waals surface area contributed by atoms with Crippen LogP contribution in [-0.2, 0) is 0 Å². The first kappa shape index (κ1) is 13.9. The summed E-state index contributed by atoms with van der Waals surface area (Å²) in [5.41, 5.74) is 0.233. The van der Waals surface area contributed by atoms with Crippen LogP contribution in [0.15, 0.2) is 63.9 Å². The van der Waals surface area contributed by atoms with Crippen molar-refractivity contribution in [2.45, 2.75) is 0 Å². The van der Waals surface area contributed by atoms with E-state index in [1.54, 1.807) is 36.4 Å². The minimum absolute atomic E-state index is 0.135. The Morgan fingerprint density at radius 3 is 2.83 bits per heavy atom. The number of fused-ring (bicyclic) bond motifs is 2. The van der Waals surface area contributed by atoms with Crippen molar-refractivity contribution < 1.29 is 14.1 Å². The number of rotatable bonds is 3. The number of aromatic nitrogens is 2. The van der Waals surface area contributed by atoms with Gasteiger partial charge in [-0.25, -0.2) is 4.79 Å². The molecule has 0 aliphatic rings. The van der Waals surface area contributed by atoms with Gasteiger partial charge in [-0.15, -0.1) is 0 Å². The monoisotopic (exact) mass is 323 g/mol. The number of pyridine rings is 1. The summed E-state index contributed by atoms with van der Waals surface area (Å²) in [6.07, 6.45) is 1.53. The predicted molar refractivity (Wildman–Crippen MR) is 84.4 cm³/mol. The zero-order valence-electron chi connectivity index (χ0n) is 12.1. The van der Waals surface area contributed by atoms with Crippen LogP contribution in [0.2, 0.25) is 0 Å². The molecular formula is C16H9N3O5. The third kappa shape index (κ3) is 2.26. The molecule has 118 valence electrons. The van der Waals surface area contributed by atoms with E-state index in [4.69, 9.17) is 9.15 Å². The first-order chi connectivity index (χ1) is 11.6. The number of hydrogen-bond donors (Lipinski definition) is 0. The lowest BCUT2D eigenvalue weighted by Gasteiger charge is -2.03. The van der Waals surface area contributed by atoms with Gasteiger partial charge < -0.3 is 19.3 Å². The number of benzene rings is 1. The molecule has 3 heterocycles. The molecule has 3 aromatic heterocycles. The van der Waals surface area contributed by atoms with Crippen molar-refractivity contribution in [2.24, 2.45) is 0 Å². The number of nitrogens with zero attached hydrogens (tertiary/aromatic N) is 3. The molecule has 0 bridgehead atoms. The molecule has 0 amide bonds. The normalized spacial score (nSPS) is 11.0. The minimum atomic E-state index is -0.559. The number of ether oxygens (including phenoxy) is 1. The van der Waals surface area contributed by atoms with Gasteiger partial charge in [0.15, 0.2) is 0 Å². The van der Waals surface area contributed by atoms with Crippen LogP contribution in [0.25, 0.3) is 16.6 Å². The summed E-state index contributed by atoms with van der Waals surface area (Å²) in [6.45, 7) is 0. The molecule has 0 aliphatic carbocycles. The van der Waals surface area contributed by atoms with Gasteiger partial charge in [0.25, 0.3) is 0 Å². The molecule has 0 N–H and O–H groups in total. The highest BCUT2D eigenvalue weighted by atomic mass is 16.6. The maximum absolute atomic E-state index is 11.3. The van der Waals surface area contributed by atoms with E-state index in [0.717, 1.165) is 0 Å². The van der Waals surface area contributed by atoms with Crippen LogP contribution in [0.1, 0.15) is 0 Å². The summed E-state index contributed by atoms with van der Waals surface area (Å²) in [5, 5.41) is 12.1. The van der Waals surface area contributed by atoms with Crippen molar-refractivity contribution in [1.82, 2.24) is 9.38 Å². The topological polar surface area (TPSA) is 99.9 Å². The third-order valence-corrected chi connectivity index (χ3v) is 3.46. The van der Waals surface area contributed by atoms with Crippen LogP contribution >= 0.6 is 0 Å². The zero-order valence-corrected chi connectivity index (χ0v) is 12.1. The van der Waals surface area contributed by atoms with Crippen molar-refractivity contribution in [2.75, 3.05) is 0 Å². The van der Waals surface area contributed by atoms with Crippen molar-refractivity contribution in [3.05, 3.63) is 75.3 Å². The summed E-state index contributed by atoms with van der Waals surface area (Å²) in [4.78, 5) is 26.2. The molecule has 4 rings (SSSR count). The van der Waals surface area contributed by atoms with E-state index >= 15 is 0 Å². The van der Waals surface area contributed by atoms with Crippen LogP contribution in [-0.4, -0.2) is 14.3 Å². The van der Waals surface area contributed by atoms with E-state index in [1.165, 1.54) is 22.7 Å². The van der Waals surface area contributed by atoms with E-state index in [9.17, 15) is 14.9 Å². The first-order valence-corrected chi connectivity index (χ1v) is 6.95. The third-order valence-electron chi connectivity index (χ3n) is 3.46. The predicted octanol–water partition coefficient (Wildman–Crippen LogP) is 3.14. The SMILES string of the molecule is O=c1ccc2ccc(Oc3nc4ccccn4c3[N+](=O)[O-])cc2o1. The molecule has 0 spiro atoms. The molecule has 0 unspecified atom stereocenters. The number of imidazole rings is 1. The molecule has 24 heavy (non-hydrogen) atoms. The van der Waals surface area contributed by atoms with Gasteiger partial charge in [-0.05, 0) is 29.2 Å². The first-order valence-electron chi connectivity index (χ1n) is 6.95. The van der Waals surface area contributed by atoms with E-state index in [1.807, 2.05) is 0 Å². The maximum Gasteiger partial charge on any atom is 0.392 e. The van der Waals surface area contributed by atoms with Crippen LogP contribution in [0.4, 0.5) is 5.82 Å². The van der Waals surface area contributed by atoms with Crippen molar-refractivity contribution in [3.63, 3.8) is 0 Å². The second kappa shape index (κ2) is 5.20. The van der Waals surface area contributed by atoms with Gasteiger partial charge in [-0.2, -0.15) is 9.38 Å². The van der Waals surface area contributed by atoms with Crippen molar-refractivity contribution >= 4 is 22.4 Å². The number of hydrogen-bond acceptors (Lipinski definition) is 6. The smallest absolute Gasteiger partial charge is 0.392 e. The van der Waals surface area contributed by atoms with Gasteiger partial charge in [-0.3, -0.25) is 0 Å². The fourth-order valence-corrected chi connectivity index (χ4v) is 2.41. The largest absolute Gasteiger partial charge is 0.432 e. The minimum Gasteiger partial charge on any atom is -0.432 e. The Morgan fingerprint density at radius 2 is 2.00 bits per heavy atom. The molecule has 0 aliphatic heterocycles. The Kier molecular flexibility index (Phi) is 3.02. The standard InChI is InChI=1S/C16H9N3O5/c20-14-7-5-10-4-6-11(9-12(10)24-14)23-15-16(19(21)22)18-8-2-1-3-13(18)17-15/h1-9H. The van der Waals surface area contributed by atoms with Gasteiger partial charge in [0.1, 0.15) is 11.3 Å². The highest BCUT2D eigenvalue weighted by Crippen LogP contribution is 2.32. The summed E-state index contributed by atoms with van der Waals surface area (Å²) in [5.74, 6) is -0.132. The van der Waals surface area contributed by atoms with E-state index < -0.39 is 10.5 Å². The van der Waals surface area contributed by atoms with Crippen molar-refractivity contribution in [3.8, 4) is 11.6 Å². The molecule has 1 aromatic carbocycles. The van der Waals surface area contributed by atoms with Crippen LogP contribution < -0.4 is 10.4 Å². The van der Waals surface area contributed by atoms with E-state index in [-0.39, 0.29) is 17.4 Å². The molecule has 0 radical (unpaired) electrons. The Morgan fingerprint density at radius 1 is 1.17 bits per heavy atom. The Hall–Kier alpha value is -3.68. The van der Waals surface area contributed by atoms with Gasteiger partial charge in [0.05, 0.1) is 6.20 Å². The van der Waals surface area contributed by atoms with E-state index in [0.29, 0.717) is 16.6 Å². The zero-order chi connectivity index (χ0) is 16.7. The average Bonchev–Trinajstić information content (AvgIpc) is 2.92. The highest BCUT2D eigenvalue weighted by molar-refractivity contribution is 5.77. The molecule has 8 heteroatoms. The molecule has 0 saturated heterocycles. The fraction of sp³-hybridized carbons (Fsp3) is 0. The maximum atomic E-state index is 11.3. The average molecular weight is 323 g/mol. The molecular weight excluding hydrogens is 314 g/mol. The fourth-order valence-electron chi connectivity index (χ4n) is 2.41. The lowest BCUT2D eigenvalue weighted by Crippen LogP contribution is -1.96. The quantitative estimate of drug-likeness (QED) is 0.326. The Balaban J connectivity index is 1.83. The van der Waals surface area contributed by atoms with Gasteiger partial charge in [-0.1, -0.05) is 6.07 Å². The van der Waals surface area contributed by atoms with Gasteiger partial charge in [0, 0.05) is 23.6 Å². The number of nitro groups is 1.